The topological polar surface area (TPSA) is 54.6 Å². The molecule has 6 heteroatoms. The Bertz CT molecular complexity index is 490. The molecule has 0 spiro atoms. The lowest BCUT2D eigenvalue weighted by Crippen LogP contribution is -2.44. The zero-order chi connectivity index (χ0) is 13.9. The highest BCUT2D eigenvalue weighted by atomic mass is 32.1. The molecule has 3 rings (SSSR count). The molecule has 108 valence electrons. The maximum Gasteiger partial charge on any atom is 0.129 e. The van der Waals surface area contributed by atoms with Gasteiger partial charge in [-0.15, -0.1) is 0 Å². The van der Waals surface area contributed by atoms with Gasteiger partial charge in [-0.05, 0) is 18.6 Å². The predicted molar refractivity (Wildman–Crippen MR) is 83.1 cm³/mol. The van der Waals surface area contributed by atoms with E-state index in [0.717, 1.165) is 50.8 Å². The highest BCUT2D eigenvalue weighted by Crippen LogP contribution is 2.22. The van der Waals surface area contributed by atoms with Crippen LogP contribution in [0.3, 0.4) is 0 Å². The lowest BCUT2D eigenvalue weighted by atomic mass is 10.2. The Balaban J connectivity index is 1.67. The summed E-state index contributed by atoms with van der Waals surface area (Å²) in [5, 5.41) is 0. The lowest BCUT2D eigenvalue weighted by molar-refractivity contribution is 0.0209. The summed E-state index contributed by atoms with van der Waals surface area (Å²) in [6.07, 6.45) is 2.96. The molecule has 0 amide bonds. The van der Waals surface area contributed by atoms with Crippen LogP contribution in [-0.2, 0) is 4.74 Å². The number of aromatic nitrogens is 1. The monoisotopic (exact) mass is 292 g/mol. The highest BCUT2D eigenvalue weighted by molar-refractivity contribution is 7.80. The van der Waals surface area contributed by atoms with Crippen molar-refractivity contribution in [3.8, 4) is 0 Å². The SMILES string of the molecule is NC(=S)c1ccnc(N2CCC(N3CCOCC3)C2)c1. The average molecular weight is 292 g/mol. The van der Waals surface area contributed by atoms with Crippen LogP contribution in [0.1, 0.15) is 12.0 Å². The molecule has 1 aromatic heterocycles. The molecule has 0 bridgehead atoms. The third-order valence-electron chi connectivity index (χ3n) is 4.08. The number of nitrogens with zero attached hydrogens (tertiary/aromatic N) is 3. The molecule has 0 aromatic carbocycles. The predicted octanol–water partition coefficient (Wildman–Crippen LogP) is 0.627. The summed E-state index contributed by atoms with van der Waals surface area (Å²) in [5.74, 6) is 0.978. The van der Waals surface area contributed by atoms with Gasteiger partial charge in [0, 0.05) is 44.0 Å². The van der Waals surface area contributed by atoms with E-state index >= 15 is 0 Å². The Hall–Kier alpha value is -1.24. The van der Waals surface area contributed by atoms with Crippen LogP contribution in [0.4, 0.5) is 5.82 Å². The Morgan fingerprint density at radius 2 is 2.15 bits per heavy atom. The minimum atomic E-state index is 0.428. The van der Waals surface area contributed by atoms with E-state index in [0.29, 0.717) is 11.0 Å². The number of ether oxygens (including phenoxy) is 1. The summed E-state index contributed by atoms with van der Waals surface area (Å²) in [4.78, 5) is 9.73. The fourth-order valence-electron chi connectivity index (χ4n) is 2.94. The molecule has 1 aromatic rings. The first kappa shape index (κ1) is 13.7. The fourth-order valence-corrected chi connectivity index (χ4v) is 3.06. The summed E-state index contributed by atoms with van der Waals surface area (Å²) in [6.45, 7) is 5.85. The second-order valence-electron chi connectivity index (χ2n) is 5.30. The summed E-state index contributed by atoms with van der Waals surface area (Å²) in [5.41, 5.74) is 6.58. The van der Waals surface area contributed by atoms with E-state index in [1.807, 2.05) is 12.1 Å². The molecule has 0 radical (unpaired) electrons. The second kappa shape index (κ2) is 6.03. The standard InChI is InChI=1S/C14H20N4OS/c15-14(20)11-1-3-16-13(9-11)18-4-2-12(10-18)17-5-7-19-8-6-17/h1,3,9,12H,2,4-8,10H2,(H2,15,20). The summed E-state index contributed by atoms with van der Waals surface area (Å²) < 4.78 is 5.42. The van der Waals surface area contributed by atoms with E-state index < -0.39 is 0 Å². The highest BCUT2D eigenvalue weighted by Gasteiger charge is 2.29. The molecular formula is C14H20N4OS. The van der Waals surface area contributed by atoms with E-state index in [1.54, 1.807) is 6.20 Å². The molecule has 2 aliphatic heterocycles. The van der Waals surface area contributed by atoms with Crippen molar-refractivity contribution < 1.29 is 4.74 Å². The number of anilines is 1. The van der Waals surface area contributed by atoms with Gasteiger partial charge in [-0.1, -0.05) is 12.2 Å². The van der Waals surface area contributed by atoms with Crippen molar-refractivity contribution >= 4 is 23.0 Å². The van der Waals surface area contributed by atoms with Crippen LogP contribution >= 0.6 is 12.2 Å². The molecule has 2 aliphatic rings. The van der Waals surface area contributed by atoms with Crippen LogP contribution in [0.25, 0.3) is 0 Å². The van der Waals surface area contributed by atoms with Crippen LogP contribution in [0.5, 0.6) is 0 Å². The van der Waals surface area contributed by atoms with Crippen LogP contribution in [0, 0.1) is 0 Å². The zero-order valence-electron chi connectivity index (χ0n) is 11.5. The largest absolute Gasteiger partial charge is 0.389 e. The van der Waals surface area contributed by atoms with Crippen molar-refractivity contribution in [2.24, 2.45) is 5.73 Å². The number of hydrogen-bond donors (Lipinski definition) is 1. The number of hydrogen-bond acceptors (Lipinski definition) is 5. The summed E-state index contributed by atoms with van der Waals surface area (Å²) >= 11 is 5.03. The van der Waals surface area contributed by atoms with Crippen LogP contribution in [0.2, 0.25) is 0 Å². The van der Waals surface area contributed by atoms with Crippen molar-refractivity contribution in [1.29, 1.82) is 0 Å². The minimum Gasteiger partial charge on any atom is -0.389 e. The Kier molecular flexibility index (Phi) is 4.14. The summed E-state index contributed by atoms with van der Waals surface area (Å²) in [6, 6.07) is 4.46. The molecule has 1 atom stereocenters. The Morgan fingerprint density at radius 3 is 2.90 bits per heavy atom. The molecule has 2 saturated heterocycles. The first-order chi connectivity index (χ1) is 9.74. The van der Waals surface area contributed by atoms with Gasteiger partial charge >= 0.3 is 0 Å². The molecule has 0 saturated carbocycles. The van der Waals surface area contributed by atoms with E-state index in [2.05, 4.69) is 14.8 Å². The van der Waals surface area contributed by atoms with Crippen molar-refractivity contribution in [2.75, 3.05) is 44.3 Å². The molecular weight excluding hydrogens is 272 g/mol. The number of pyridine rings is 1. The first-order valence-corrected chi connectivity index (χ1v) is 7.47. The van der Waals surface area contributed by atoms with Gasteiger partial charge in [-0.2, -0.15) is 0 Å². The maximum atomic E-state index is 5.69. The lowest BCUT2D eigenvalue weighted by Gasteiger charge is -2.32. The molecule has 2 N–H and O–H groups in total. The van der Waals surface area contributed by atoms with Gasteiger partial charge in [0.05, 0.1) is 13.2 Å². The maximum absolute atomic E-state index is 5.69. The van der Waals surface area contributed by atoms with Gasteiger partial charge in [0.25, 0.3) is 0 Å². The van der Waals surface area contributed by atoms with Gasteiger partial charge < -0.3 is 15.4 Å². The number of nitrogens with two attached hydrogens (primary N) is 1. The zero-order valence-corrected chi connectivity index (χ0v) is 12.3. The van der Waals surface area contributed by atoms with Crippen LogP contribution in [0.15, 0.2) is 18.3 Å². The summed E-state index contributed by atoms with van der Waals surface area (Å²) in [7, 11) is 0. The van der Waals surface area contributed by atoms with Gasteiger partial charge in [0.2, 0.25) is 0 Å². The van der Waals surface area contributed by atoms with E-state index in [1.165, 1.54) is 6.42 Å². The third-order valence-corrected chi connectivity index (χ3v) is 4.32. The van der Waals surface area contributed by atoms with Gasteiger partial charge in [-0.3, -0.25) is 4.90 Å². The van der Waals surface area contributed by atoms with Crippen molar-refractivity contribution in [3.05, 3.63) is 23.9 Å². The number of rotatable bonds is 3. The van der Waals surface area contributed by atoms with E-state index in [-0.39, 0.29) is 0 Å². The molecule has 20 heavy (non-hydrogen) atoms. The molecule has 1 unspecified atom stereocenters. The molecule has 2 fully saturated rings. The smallest absolute Gasteiger partial charge is 0.129 e. The Morgan fingerprint density at radius 1 is 1.35 bits per heavy atom. The van der Waals surface area contributed by atoms with Crippen LogP contribution in [-0.4, -0.2) is 60.3 Å². The van der Waals surface area contributed by atoms with Gasteiger partial charge in [0.1, 0.15) is 10.8 Å². The molecule has 0 aliphatic carbocycles. The van der Waals surface area contributed by atoms with Gasteiger partial charge in [-0.25, -0.2) is 4.98 Å². The average Bonchev–Trinajstić information content (AvgIpc) is 2.98. The molecule has 5 nitrogen and oxygen atoms in total. The second-order valence-corrected chi connectivity index (χ2v) is 5.74. The third kappa shape index (κ3) is 2.92. The van der Waals surface area contributed by atoms with E-state index in [4.69, 9.17) is 22.7 Å². The quantitative estimate of drug-likeness (QED) is 0.825. The first-order valence-electron chi connectivity index (χ1n) is 7.06. The van der Waals surface area contributed by atoms with Gasteiger partial charge in [0.15, 0.2) is 0 Å². The fraction of sp³-hybridized carbons (Fsp3) is 0.571. The normalized spacial score (nSPS) is 24.0. The van der Waals surface area contributed by atoms with Crippen molar-refractivity contribution in [1.82, 2.24) is 9.88 Å². The Labute approximate surface area is 124 Å². The number of morpholine rings is 1. The van der Waals surface area contributed by atoms with Crippen molar-refractivity contribution in [3.63, 3.8) is 0 Å². The van der Waals surface area contributed by atoms with Crippen LogP contribution < -0.4 is 10.6 Å². The molecule has 3 heterocycles. The van der Waals surface area contributed by atoms with E-state index in [9.17, 15) is 0 Å². The minimum absolute atomic E-state index is 0.428. The number of thiocarbonyl (C=S) groups is 1. The van der Waals surface area contributed by atoms with Crippen molar-refractivity contribution in [2.45, 2.75) is 12.5 Å².